The number of ether oxygens (including phenoxy) is 1. The van der Waals surface area contributed by atoms with Crippen LogP contribution >= 0.6 is 0 Å². The molecule has 3 aromatic carbocycles. The lowest BCUT2D eigenvalue weighted by Crippen LogP contribution is -2.36. The molecule has 0 amide bonds. The molecule has 4 rings (SSSR count). The standard InChI is InChI=1S/C27H29NO5S/c1-19-6-4-5-7-24(19)21-10-8-20(9-11-21)17-28(18-26(29)30)34(31,32)23-12-13-25-22(16-23)14-15-27(2,3)33-25/h4-13,16H,14-15,17-18H2,1-3H3,(H,29,30). The highest BCUT2D eigenvalue weighted by molar-refractivity contribution is 7.89. The summed E-state index contributed by atoms with van der Waals surface area (Å²) in [6.07, 6.45) is 1.47. The number of aliphatic carboxylic acids is 1. The molecule has 0 radical (unpaired) electrons. The van der Waals surface area contributed by atoms with Crippen molar-refractivity contribution < 1.29 is 23.1 Å². The summed E-state index contributed by atoms with van der Waals surface area (Å²) in [6.45, 7) is 5.37. The van der Waals surface area contributed by atoms with Gasteiger partial charge >= 0.3 is 5.97 Å². The highest BCUT2D eigenvalue weighted by atomic mass is 32.2. The smallest absolute Gasteiger partial charge is 0.318 e. The first kappa shape index (κ1) is 24.0. The first-order valence-electron chi connectivity index (χ1n) is 11.2. The van der Waals surface area contributed by atoms with E-state index in [0.29, 0.717) is 17.7 Å². The quantitative estimate of drug-likeness (QED) is 0.513. The van der Waals surface area contributed by atoms with Crippen molar-refractivity contribution in [3.05, 3.63) is 83.4 Å². The van der Waals surface area contributed by atoms with Crippen LogP contribution in [0.25, 0.3) is 11.1 Å². The van der Waals surface area contributed by atoms with Crippen molar-refractivity contribution in [2.45, 2.75) is 50.7 Å². The number of aryl methyl sites for hydroxylation is 2. The summed E-state index contributed by atoms with van der Waals surface area (Å²) in [5, 5.41) is 9.42. The Morgan fingerprint density at radius 2 is 1.76 bits per heavy atom. The Hall–Kier alpha value is -3.16. The van der Waals surface area contributed by atoms with Crippen molar-refractivity contribution in [3.8, 4) is 16.9 Å². The second kappa shape index (κ2) is 9.24. The van der Waals surface area contributed by atoms with E-state index in [4.69, 9.17) is 4.74 Å². The molecule has 0 saturated heterocycles. The zero-order valence-electron chi connectivity index (χ0n) is 19.6. The molecule has 7 heteroatoms. The van der Waals surface area contributed by atoms with Crippen LogP contribution in [0, 0.1) is 6.92 Å². The maximum Gasteiger partial charge on any atom is 0.318 e. The van der Waals surface area contributed by atoms with Crippen molar-refractivity contribution in [1.29, 1.82) is 0 Å². The lowest BCUT2D eigenvalue weighted by Gasteiger charge is -2.33. The predicted octanol–water partition coefficient (Wildman–Crippen LogP) is 5.04. The van der Waals surface area contributed by atoms with E-state index >= 15 is 0 Å². The Morgan fingerprint density at radius 1 is 1.06 bits per heavy atom. The van der Waals surface area contributed by atoms with E-state index in [2.05, 4.69) is 0 Å². The van der Waals surface area contributed by atoms with Gasteiger partial charge in [-0.2, -0.15) is 4.31 Å². The van der Waals surface area contributed by atoms with E-state index in [1.807, 2.05) is 69.3 Å². The van der Waals surface area contributed by atoms with Crippen molar-refractivity contribution in [2.24, 2.45) is 0 Å². The van der Waals surface area contributed by atoms with Crippen LogP contribution in [0.3, 0.4) is 0 Å². The third kappa shape index (κ3) is 5.16. The Bertz CT molecular complexity index is 1310. The largest absolute Gasteiger partial charge is 0.488 e. The summed E-state index contributed by atoms with van der Waals surface area (Å²) in [4.78, 5) is 11.6. The number of benzene rings is 3. The van der Waals surface area contributed by atoms with Gasteiger partial charge in [-0.15, -0.1) is 0 Å². The molecule has 0 aromatic heterocycles. The molecule has 34 heavy (non-hydrogen) atoms. The molecule has 1 aliphatic heterocycles. The highest BCUT2D eigenvalue weighted by Gasteiger charge is 2.31. The van der Waals surface area contributed by atoms with Gasteiger partial charge < -0.3 is 9.84 Å². The van der Waals surface area contributed by atoms with Crippen LogP contribution < -0.4 is 4.74 Å². The molecule has 1 heterocycles. The summed E-state index contributed by atoms with van der Waals surface area (Å²) in [5.74, 6) is -0.532. The second-order valence-corrected chi connectivity index (χ2v) is 11.2. The summed E-state index contributed by atoms with van der Waals surface area (Å²) in [5.41, 5.74) is 4.50. The molecule has 6 nitrogen and oxygen atoms in total. The van der Waals surface area contributed by atoms with Gasteiger partial charge in [-0.05, 0) is 79.6 Å². The molecule has 0 atom stereocenters. The van der Waals surface area contributed by atoms with Crippen LogP contribution in [0.2, 0.25) is 0 Å². The number of nitrogens with zero attached hydrogens (tertiary/aromatic N) is 1. The van der Waals surface area contributed by atoms with Gasteiger partial charge in [-0.3, -0.25) is 4.79 Å². The Kier molecular flexibility index (Phi) is 6.51. The molecule has 0 fully saturated rings. The van der Waals surface area contributed by atoms with Crippen LogP contribution in [0.15, 0.2) is 71.6 Å². The molecule has 1 aliphatic rings. The van der Waals surface area contributed by atoms with E-state index < -0.39 is 22.5 Å². The van der Waals surface area contributed by atoms with Crippen LogP contribution in [0.4, 0.5) is 0 Å². The predicted molar refractivity (Wildman–Crippen MR) is 131 cm³/mol. The molecular formula is C27H29NO5S. The number of sulfonamides is 1. The van der Waals surface area contributed by atoms with Crippen LogP contribution in [-0.2, 0) is 27.8 Å². The number of hydrogen-bond acceptors (Lipinski definition) is 4. The Labute approximate surface area is 200 Å². The number of carboxylic acid groups (broad SMARTS) is 1. The lowest BCUT2D eigenvalue weighted by molar-refractivity contribution is -0.137. The maximum absolute atomic E-state index is 13.4. The van der Waals surface area contributed by atoms with E-state index in [1.54, 1.807) is 12.1 Å². The SMILES string of the molecule is Cc1ccccc1-c1ccc(CN(CC(=O)O)S(=O)(=O)c2ccc3c(c2)CCC(C)(C)O3)cc1. The summed E-state index contributed by atoms with van der Waals surface area (Å²) in [7, 11) is -4.03. The number of fused-ring (bicyclic) bond motifs is 1. The molecular weight excluding hydrogens is 450 g/mol. The summed E-state index contributed by atoms with van der Waals surface area (Å²) in [6, 6.07) is 20.3. The first-order valence-corrected chi connectivity index (χ1v) is 12.7. The van der Waals surface area contributed by atoms with E-state index in [9.17, 15) is 18.3 Å². The topological polar surface area (TPSA) is 83.9 Å². The minimum atomic E-state index is -4.03. The maximum atomic E-state index is 13.4. The van der Waals surface area contributed by atoms with Crippen LogP contribution in [-0.4, -0.2) is 35.9 Å². The van der Waals surface area contributed by atoms with Crippen molar-refractivity contribution in [1.82, 2.24) is 4.31 Å². The number of carboxylic acids is 1. The minimum absolute atomic E-state index is 0.0384. The van der Waals surface area contributed by atoms with Gasteiger partial charge in [0.2, 0.25) is 10.0 Å². The van der Waals surface area contributed by atoms with Crippen LogP contribution in [0.5, 0.6) is 5.75 Å². The number of carbonyl (C=O) groups is 1. The fourth-order valence-electron chi connectivity index (χ4n) is 4.21. The third-order valence-electron chi connectivity index (χ3n) is 6.13. The van der Waals surface area contributed by atoms with Gasteiger partial charge in [-0.1, -0.05) is 48.5 Å². The fourth-order valence-corrected chi connectivity index (χ4v) is 5.64. The summed E-state index contributed by atoms with van der Waals surface area (Å²) >= 11 is 0. The fraction of sp³-hybridized carbons (Fsp3) is 0.296. The molecule has 3 aromatic rings. The molecule has 0 saturated carbocycles. The Morgan fingerprint density at radius 3 is 2.44 bits per heavy atom. The lowest BCUT2D eigenvalue weighted by atomic mass is 9.94. The number of hydrogen-bond donors (Lipinski definition) is 1. The van der Waals surface area contributed by atoms with Crippen molar-refractivity contribution >= 4 is 16.0 Å². The molecule has 1 N–H and O–H groups in total. The zero-order chi connectivity index (χ0) is 24.5. The van der Waals surface area contributed by atoms with Gasteiger partial charge in [0, 0.05) is 6.54 Å². The van der Waals surface area contributed by atoms with E-state index in [0.717, 1.165) is 33.0 Å². The normalized spacial score (nSPS) is 14.9. The van der Waals surface area contributed by atoms with Crippen LogP contribution in [0.1, 0.15) is 37.0 Å². The Balaban J connectivity index is 1.61. The van der Waals surface area contributed by atoms with Gasteiger partial charge in [0.05, 0.1) is 4.90 Å². The average molecular weight is 480 g/mol. The number of rotatable bonds is 7. The van der Waals surface area contributed by atoms with Gasteiger partial charge in [0.15, 0.2) is 0 Å². The highest BCUT2D eigenvalue weighted by Crippen LogP contribution is 2.35. The van der Waals surface area contributed by atoms with Gasteiger partial charge in [0.25, 0.3) is 0 Å². The summed E-state index contributed by atoms with van der Waals surface area (Å²) < 4.78 is 33.8. The molecule has 0 spiro atoms. The zero-order valence-corrected chi connectivity index (χ0v) is 20.4. The van der Waals surface area contributed by atoms with Crippen molar-refractivity contribution in [3.63, 3.8) is 0 Å². The second-order valence-electron chi connectivity index (χ2n) is 9.31. The third-order valence-corrected chi connectivity index (χ3v) is 7.92. The van der Waals surface area contributed by atoms with Gasteiger partial charge in [0.1, 0.15) is 17.9 Å². The first-order chi connectivity index (χ1) is 16.0. The molecule has 0 bridgehead atoms. The molecule has 178 valence electrons. The molecule has 0 unspecified atom stereocenters. The van der Waals surface area contributed by atoms with Crippen molar-refractivity contribution in [2.75, 3.05) is 6.54 Å². The minimum Gasteiger partial charge on any atom is -0.488 e. The van der Waals surface area contributed by atoms with E-state index in [-0.39, 0.29) is 17.0 Å². The average Bonchev–Trinajstić information content (AvgIpc) is 2.78. The van der Waals surface area contributed by atoms with E-state index in [1.165, 1.54) is 6.07 Å². The monoisotopic (exact) mass is 479 g/mol. The van der Waals surface area contributed by atoms with Gasteiger partial charge in [-0.25, -0.2) is 8.42 Å². The molecule has 0 aliphatic carbocycles.